The number of hydrogen-bond acceptors (Lipinski definition) is 6. The molecule has 0 spiro atoms. The van der Waals surface area contributed by atoms with Crippen molar-refractivity contribution in [2.45, 2.75) is 56.7 Å². The van der Waals surface area contributed by atoms with Crippen molar-refractivity contribution < 1.29 is 13.9 Å². The Kier molecular flexibility index (Phi) is 8.51. The number of benzene rings is 1. The summed E-state index contributed by atoms with van der Waals surface area (Å²) in [6.07, 6.45) is 5.97. The van der Waals surface area contributed by atoms with Crippen LogP contribution in [-0.2, 0) is 11.2 Å². The second-order valence-electron chi connectivity index (χ2n) is 7.21. The highest BCUT2D eigenvalue weighted by molar-refractivity contribution is 7.99. The maximum Gasteiger partial charge on any atom is 0.277 e. The molecule has 2 aromatic rings. The fraction of sp³-hybridized carbons (Fsp3) is 0.550. The molecule has 1 fully saturated rings. The molecule has 0 bridgehead atoms. The van der Waals surface area contributed by atoms with E-state index in [9.17, 15) is 4.79 Å². The number of aryl methyl sites for hydroxylation is 1. The molecular formula is C20H25Cl2N3O3S. The lowest BCUT2D eigenvalue weighted by atomic mass is 9.86. The quantitative estimate of drug-likeness (QED) is 0.413. The van der Waals surface area contributed by atoms with Crippen LogP contribution in [0.3, 0.4) is 0 Å². The maximum absolute atomic E-state index is 12.2. The predicted octanol–water partition coefficient (Wildman–Crippen LogP) is 5.18. The summed E-state index contributed by atoms with van der Waals surface area (Å²) in [6, 6.07) is 5.40. The zero-order chi connectivity index (χ0) is 20.6. The van der Waals surface area contributed by atoms with Gasteiger partial charge in [-0.05, 0) is 43.4 Å². The van der Waals surface area contributed by atoms with Crippen molar-refractivity contribution in [2.24, 2.45) is 5.92 Å². The number of rotatable bonds is 9. The van der Waals surface area contributed by atoms with Crippen molar-refractivity contribution in [3.8, 4) is 5.75 Å². The zero-order valence-electron chi connectivity index (χ0n) is 16.3. The summed E-state index contributed by atoms with van der Waals surface area (Å²) >= 11 is 13.2. The molecule has 0 unspecified atom stereocenters. The van der Waals surface area contributed by atoms with E-state index in [4.69, 9.17) is 32.4 Å². The van der Waals surface area contributed by atoms with Gasteiger partial charge in [0.05, 0.1) is 17.4 Å². The van der Waals surface area contributed by atoms with E-state index in [1.54, 1.807) is 18.2 Å². The Bertz CT molecular complexity index is 818. The Morgan fingerprint density at radius 3 is 2.93 bits per heavy atom. The Hall–Kier alpha value is -1.44. The van der Waals surface area contributed by atoms with Crippen LogP contribution in [0.2, 0.25) is 10.0 Å². The van der Waals surface area contributed by atoms with Crippen LogP contribution in [0.4, 0.5) is 0 Å². The molecule has 158 valence electrons. The molecule has 9 heteroatoms. The van der Waals surface area contributed by atoms with Crippen LogP contribution in [0.5, 0.6) is 5.75 Å². The van der Waals surface area contributed by atoms with Crippen LogP contribution in [-0.4, -0.2) is 34.5 Å². The molecule has 1 saturated carbocycles. The van der Waals surface area contributed by atoms with Gasteiger partial charge in [-0.15, -0.1) is 10.2 Å². The summed E-state index contributed by atoms with van der Waals surface area (Å²) < 4.78 is 11.2. The second-order valence-corrected chi connectivity index (χ2v) is 8.98. The van der Waals surface area contributed by atoms with Gasteiger partial charge in [0.2, 0.25) is 11.8 Å². The average molecular weight is 458 g/mol. The van der Waals surface area contributed by atoms with Crippen LogP contribution in [0.25, 0.3) is 0 Å². The molecule has 1 amide bonds. The van der Waals surface area contributed by atoms with E-state index < -0.39 is 0 Å². The Balaban J connectivity index is 1.35. The minimum Gasteiger partial charge on any atom is -0.492 e. The van der Waals surface area contributed by atoms with Crippen LogP contribution < -0.4 is 10.1 Å². The van der Waals surface area contributed by atoms with E-state index in [2.05, 4.69) is 22.4 Å². The molecule has 0 radical (unpaired) electrons. The molecule has 1 aromatic heterocycles. The van der Waals surface area contributed by atoms with Crippen LogP contribution in [0.1, 0.15) is 44.9 Å². The molecular weight excluding hydrogens is 433 g/mol. The molecule has 1 aromatic carbocycles. The van der Waals surface area contributed by atoms with Crippen molar-refractivity contribution in [1.82, 2.24) is 15.5 Å². The number of thioether (sulfide) groups is 1. The molecule has 6 nitrogen and oxygen atoms in total. The van der Waals surface area contributed by atoms with Gasteiger partial charge < -0.3 is 14.5 Å². The monoisotopic (exact) mass is 457 g/mol. The van der Waals surface area contributed by atoms with Gasteiger partial charge >= 0.3 is 0 Å². The van der Waals surface area contributed by atoms with Gasteiger partial charge in [-0.3, -0.25) is 4.79 Å². The number of carbonyl (C=O) groups is 1. The SMILES string of the molecule is C[C@H]1CCCC[C@H]1NC(=O)CSc1nnc(CCCOc2ccc(Cl)cc2Cl)o1. The molecule has 1 aliphatic rings. The van der Waals surface area contributed by atoms with Crippen LogP contribution in [0, 0.1) is 5.92 Å². The first-order valence-corrected chi connectivity index (χ1v) is 11.6. The van der Waals surface area contributed by atoms with Crippen molar-refractivity contribution in [2.75, 3.05) is 12.4 Å². The third-order valence-corrected chi connectivity index (χ3v) is 6.27. The highest BCUT2D eigenvalue weighted by Gasteiger charge is 2.23. The van der Waals surface area contributed by atoms with Gasteiger partial charge in [-0.25, -0.2) is 0 Å². The van der Waals surface area contributed by atoms with E-state index in [0.29, 0.717) is 52.3 Å². The number of halogens is 2. The number of nitrogens with one attached hydrogen (secondary N) is 1. The number of amides is 1. The summed E-state index contributed by atoms with van der Waals surface area (Å²) in [7, 11) is 0. The molecule has 0 aliphatic heterocycles. The van der Waals surface area contributed by atoms with Crippen molar-refractivity contribution >= 4 is 40.9 Å². The number of carbonyl (C=O) groups excluding carboxylic acids is 1. The lowest BCUT2D eigenvalue weighted by Gasteiger charge is -2.29. The van der Waals surface area contributed by atoms with E-state index in [0.717, 1.165) is 6.42 Å². The summed E-state index contributed by atoms with van der Waals surface area (Å²) in [5.41, 5.74) is 0. The number of ether oxygens (including phenoxy) is 1. The average Bonchev–Trinajstić information content (AvgIpc) is 3.15. The van der Waals surface area contributed by atoms with E-state index in [1.165, 1.54) is 31.0 Å². The number of nitrogens with zero attached hydrogens (tertiary/aromatic N) is 2. The van der Waals surface area contributed by atoms with Gasteiger partial charge in [0, 0.05) is 17.5 Å². The molecule has 3 rings (SSSR count). The Morgan fingerprint density at radius 1 is 1.31 bits per heavy atom. The van der Waals surface area contributed by atoms with E-state index in [1.807, 2.05) is 0 Å². The van der Waals surface area contributed by atoms with Crippen LogP contribution in [0.15, 0.2) is 27.8 Å². The Morgan fingerprint density at radius 2 is 2.14 bits per heavy atom. The number of aromatic nitrogens is 2. The normalized spacial score (nSPS) is 19.1. The van der Waals surface area contributed by atoms with Gasteiger partial charge in [-0.2, -0.15) is 0 Å². The molecule has 29 heavy (non-hydrogen) atoms. The van der Waals surface area contributed by atoms with Gasteiger partial charge in [0.1, 0.15) is 5.75 Å². The highest BCUT2D eigenvalue weighted by Crippen LogP contribution is 2.28. The lowest BCUT2D eigenvalue weighted by molar-refractivity contribution is -0.119. The topological polar surface area (TPSA) is 77.2 Å². The fourth-order valence-electron chi connectivity index (χ4n) is 3.30. The number of hydrogen-bond donors (Lipinski definition) is 1. The molecule has 0 saturated heterocycles. The minimum absolute atomic E-state index is 0.0155. The summed E-state index contributed by atoms with van der Waals surface area (Å²) in [5.74, 6) is 1.96. The second kappa shape index (κ2) is 11.1. The minimum atomic E-state index is 0.0155. The summed E-state index contributed by atoms with van der Waals surface area (Å²) in [4.78, 5) is 12.2. The lowest BCUT2D eigenvalue weighted by Crippen LogP contribution is -2.41. The van der Waals surface area contributed by atoms with Gasteiger partial charge in [-0.1, -0.05) is 54.7 Å². The first-order chi connectivity index (χ1) is 14.0. The maximum atomic E-state index is 12.2. The van der Waals surface area contributed by atoms with Crippen LogP contribution >= 0.6 is 35.0 Å². The Labute approximate surface area is 185 Å². The van der Waals surface area contributed by atoms with Crippen molar-refractivity contribution in [1.29, 1.82) is 0 Å². The fourth-order valence-corrected chi connectivity index (χ4v) is 4.36. The zero-order valence-corrected chi connectivity index (χ0v) is 18.7. The molecule has 1 N–H and O–H groups in total. The molecule has 1 aliphatic carbocycles. The van der Waals surface area contributed by atoms with E-state index >= 15 is 0 Å². The van der Waals surface area contributed by atoms with E-state index in [-0.39, 0.29) is 17.7 Å². The summed E-state index contributed by atoms with van der Waals surface area (Å²) in [5, 5.41) is 12.6. The summed E-state index contributed by atoms with van der Waals surface area (Å²) in [6.45, 7) is 2.67. The first-order valence-electron chi connectivity index (χ1n) is 9.83. The highest BCUT2D eigenvalue weighted by atomic mass is 35.5. The largest absolute Gasteiger partial charge is 0.492 e. The van der Waals surface area contributed by atoms with Crippen molar-refractivity contribution in [3.63, 3.8) is 0 Å². The van der Waals surface area contributed by atoms with Crippen molar-refractivity contribution in [3.05, 3.63) is 34.1 Å². The third kappa shape index (κ3) is 7.08. The standard InChI is InChI=1S/C20H25Cl2N3O3S/c1-13-5-2-3-6-16(13)23-18(26)12-29-20-25-24-19(28-20)7-4-10-27-17-9-8-14(21)11-15(17)22/h8-9,11,13,16H,2-7,10,12H2,1H3,(H,23,26)/t13-,16+/m0/s1. The third-order valence-electron chi connectivity index (χ3n) is 4.92. The first kappa shape index (κ1) is 22.2. The molecule has 1 heterocycles. The van der Waals surface area contributed by atoms with Gasteiger partial charge in [0.15, 0.2) is 0 Å². The van der Waals surface area contributed by atoms with Gasteiger partial charge in [0.25, 0.3) is 5.22 Å². The molecule has 2 atom stereocenters. The smallest absolute Gasteiger partial charge is 0.277 e. The predicted molar refractivity (Wildman–Crippen MR) is 115 cm³/mol.